The van der Waals surface area contributed by atoms with Gasteiger partial charge in [0.2, 0.25) is 5.91 Å². The molecule has 0 saturated heterocycles. The number of benzene rings is 1. The van der Waals surface area contributed by atoms with Crippen LogP contribution >= 0.6 is 11.6 Å². The monoisotopic (exact) mass is 345 g/mol. The van der Waals surface area contributed by atoms with Gasteiger partial charge in [-0.3, -0.25) is 9.48 Å². The first-order valence-corrected chi connectivity index (χ1v) is 7.23. The van der Waals surface area contributed by atoms with Crippen LogP contribution in [0.25, 0.3) is 0 Å². The second-order valence-electron chi connectivity index (χ2n) is 5.10. The van der Waals surface area contributed by atoms with E-state index in [1.165, 1.54) is 11.6 Å². The number of halogens is 4. The molecule has 1 aromatic carbocycles. The average Bonchev–Trinajstić information content (AvgIpc) is 2.83. The van der Waals surface area contributed by atoms with Gasteiger partial charge in [0.1, 0.15) is 0 Å². The van der Waals surface area contributed by atoms with Crippen LogP contribution < -0.4 is 5.32 Å². The second kappa shape index (κ2) is 6.62. The molecule has 1 amide bonds. The predicted molar refractivity (Wildman–Crippen MR) is 81.4 cm³/mol. The summed E-state index contributed by atoms with van der Waals surface area (Å²) >= 11 is 5.96. The van der Waals surface area contributed by atoms with Gasteiger partial charge in [-0.15, -0.1) is 0 Å². The molecule has 8 heteroatoms. The number of anilines is 1. The van der Waals surface area contributed by atoms with Crippen molar-refractivity contribution >= 4 is 23.2 Å². The van der Waals surface area contributed by atoms with Gasteiger partial charge < -0.3 is 5.32 Å². The first-order chi connectivity index (χ1) is 10.7. The molecule has 1 heterocycles. The predicted octanol–water partition coefficient (Wildman–Crippen LogP) is 4.20. The Bertz CT molecular complexity index is 725. The van der Waals surface area contributed by atoms with Crippen molar-refractivity contribution in [3.8, 4) is 0 Å². The van der Waals surface area contributed by atoms with Crippen LogP contribution in [0.4, 0.5) is 18.9 Å². The zero-order valence-electron chi connectivity index (χ0n) is 12.5. The highest BCUT2D eigenvalue weighted by molar-refractivity contribution is 6.31. The molecule has 1 N–H and O–H groups in total. The van der Waals surface area contributed by atoms with E-state index >= 15 is 0 Å². The fourth-order valence-corrected chi connectivity index (χ4v) is 2.21. The van der Waals surface area contributed by atoms with Crippen molar-refractivity contribution in [1.82, 2.24) is 9.78 Å². The van der Waals surface area contributed by atoms with E-state index in [0.717, 1.165) is 11.6 Å². The fraction of sp³-hybridized carbons (Fsp3) is 0.333. The minimum Gasteiger partial charge on any atom is -0.326 e. The molecule has 124 valence electrons. The van der Waals surface area contributed by atoms with Crippen molar-refractivity contribution in [2.45, 2.75) is 33.0 Å². The lowest BCUT2D eigenvalue weighted by Gasteiger charge is -2.10. The molecule has 1 aromatic heterocycles. The number of aryl methyl sites for hydroxylation is 2. The Morgan fingerprint density at radius 3 is 2.65 bits per heavy atom. The number of hydrogen-bond donors (Lipinski definition) is 1. The topological polar surface area (TPSA) is 46.9 Å². The summed E-state index contributed by atoms with van der Waals surface area (Å²) in [5, 5.41) is 6.70. The number of nitrogens with one attached hydrogen (secondary N) is 1. The zero-order chi connectivity index (χ0) is 17.2. The number of carbonyl (C=O) groups is 1. The number of alkyl halides is 3. The molecular weight excluding hydrogens is 331 g/mol. The van der Waals surface area contributed by atoms with Crippen LogP contribution in [0.3, 0.4) is 0 Å². The lowest BCUT2D eigenvalue weighted by atomic mass is 10.2. The van der Waals surface area contributed by atoms with Crippen molar-refractivity contribution in [1.29, 1.82) is 0 Å². The molecule has 0 unspecified atom stereocenters. The summed E-state index contributed by atoms with van der Waals surface area (Å²) in [6, 6.07) is 6.08. The number of amides is 1. The molecule has 0 radical (unpaired) electrons. The normalized spacial score (nSPS) is 11.6. The summed E-state index contributed by atoms with van der Waals surface area (Å²) in [5.74, 6) is -0.321. The third-order valence-electron chi connectivity index (χ3n) is 3.36. The molecule has 2 aromatic rings. The lowest BCUT2D eigenvalue weighted by molar-refractivity contribution is -0.141. The number of aromatic nitrogens is 2. The van der Waals surface area contributed by atoms with Gasteiger partial charge in [0.25, 0.3) is 0 Å². The molecule has 0 aliphatic rings. The van der Waals surface area contributed by atoms with Crippen molar-refractivity contribution in [3.05, 3.63) is 46.2 Å². The van der Waals surface area contributed by atoms with E-state index in [1.807, 2.05) is 0 Å². The minimum atomic E-state index is -4.49. The summed E-state index contributed by atoms with van der Waals surface area (Å²) in [5.41, 5.74) is 0.706. The molecule has 0 spiro atoms. The van der Waals surface area contributed by atoms with E-state index < -0.39 is 11.9 Å². The van der Waals surface area contributed by atoms with Crippen LogP contribution in [0.2, 0.25) is 5.02 Å². The smallest absolute Gasteiger partial charge is 0.326 e. The van der Waals surface area contributed by atoms with E-state index in [2.05, 4.69) is 10.4 Å². The van der Waals surface area contributed by atoms with E-state index in [4.69, 9.17) is 11.6 Å². The number of rotatable bonds is 4. The first-order valence-electron chi connectivity index (χ1n) is 6.85. The minimum absolute atomic E-state index is 0.00572. The highest BCUT2D eigenvalue weighted by Crippen LogP contribution is 2.28. The summed E-state index contributed by atoms with van der Waals surface area (Å²) < 4.78 is 38.9. The SMILES string of the molecule is Cc1c(Cl)cccc1NC(=O)CCn1nc(C(F)(F)F)cc1C. The van der Waals surface area contributed by atoms with Crippen LogP contribution in [-0.2, 0) is 17.5 Å². The highest BCUT2D eigenvalue weighted by atomic mass is 35.5. The van der Waals surface area contributed by atoms with Crippen LogP contribution in [0.1, 0.15) is 23.4 Å². The van der Waals surface area contributed by atoms with Crippen LogP contribution in [0, 0.1) is 13.8 Å². The van der Waals surface area contributed by atoms with Gasteiger partial charge in [0.05, 0.1) is 0 Å². The van der Waals surface area contributed by atoms with Gasteiger partial charge >= 0.3 is 6.18 Å². The molecule has 0 atom stereocenters. The molecule has 2 rings (SSSR count). The highest BCUT2D eigenvalue weighted by Gasteiger charge is 2.34. The second-order valence-corrected chi connectivity index (χ2v) is 5.51. The molecule has 23 heavy (non-hydrogen) atoms. The number of nitrogens with zero attached hydrogens (tertiary/aromatic N) is 2. The average molecular weight is 346 g/mol. The maximum absolute atomic E-state index is 12.6. The maximum atomic E-state index is 12.6. The van der Waals surface area contributed by atoms with E-state index in [9.17, 15) is 18.0 Å². The largest absolute Gasteiger partial charge is 0.435 e. The third kappa shape index (κ3) is 4.25. The van der Waals surface area contributed by atoms with Gasteiger partial charge in [0.15, 0.2) is 5.69 Å². The van der Waals surface area contributed by atoms with Gasteiger partial charge in [-0.05, 0) is 37.6 Å². The third-order valence-corrected chi connectivity index (χ3v) is 3.77. The van der Waals surface area contributed by atoms with Crippen molar-refractivity contribution in [2.75, 3.05) is 5.32 Å². The Morgan fingerprint density at radius 1 is 1.35 bits per heavy atom. The van der Waals surface area contributed by atoms with Crippen molar-refractivity contribution in [2.24, 2.45) is 0 Å². The Hall–Kier alpha value is -2.02. The molecular formula is C15H15ClF3N3O. The standard InChI is InChI=1S/C15H15ClF3N3O/c1-9-8-13(15(17,18)19)21-22(9)7-6-14(23)20-12-5-3-4-11(16)10(12)2/h3-5,8H,6-7H2,1-2H3,(H,20,23). The first kappa shape index (κ1) is 17.3. The molecule has 4 nitrogen and oxygen atoms in total. The molecule has 0 aliphatic carbocycles. The summed E-state index contributed by atoms with van der Waals surface area (Å²) in [6.45, 7) is 3.35. The van der Waals surface area contributed by atoms with E-state index in [0.29, 0.717) is 16.4 Å². The maximum Gasteiger partial charge on any atom is 0.435 e. The van der Waals surface area contributed by atoms with E-state index in [-0.39, 0.29) is 18.9 Å². The number of hydrogen-bond acceptors (Lipinski definition) is 2. The molecule has 0 aliphatic heterocycles. The van der Waals surface area contributed by atoms with Crippen LogP contribution in [0.15, 0.2) is 24.3 Å². The summed E-state index contributed by atoms with van der Waals surface area (Å²) in [4.78, 5) is 11.9. The quantitative estimate of drug-likeness (QED) is 0.902. The fourth-order valence-electron chi connectivity index (χ4n) is 2.04. The zero-order valence-corrected chi connectivity index (χ0v) is 13.3. The van der Waals surface area contributed by atoms with Crippen LogP contribution in [0.5, 0.6) is 0 Å². The lowest BCUT2D eigenvalue weighted by Crippen LogP contribution is -2.16. The van der Waals surface area contributed by atoms with Gasteiger partial charge in [-0.2, -0.15) is 18.3 Å². The number of carbonyl (C=O) groups excluding carboxylic acids is 1. The van der Waals surface area contributed by atoms with Crippen LogP contribution in [-0.4, -0.2) is 15.7 Å². The van der Waals surface area contributed by atoms with Crippen molar-refractivity contribution in [3.63, 3.8) is 0 Å². The Balaban J connectivity index is 2.00. The Morgan fingerprint density at radius 2 is 2.04 bits per heavy atom. The van der Waals surface area contributed by atoms with Gasteiger partial charge in [-0.1, -0.05) is 17.7 Å². The van der Waals surface area contributed by atoms with Gasteiger partial charge in [0, 0.05) is 29.4 Å². The molecule has 0 saturated carbocycles. The molecule has 0 bridgehead atoms. The summed E-state index contributed by atoms with van der Waals surface area (Å²) in [7, 11) is 0. The van der Waals surface area contributed by atoms with E-state index in [1.54, 1.807) is 25.1 Å². The summed E-state index contributed by atoms with van der Waals surface area (Å²) in [6.07, 6.45) is -4.48. The Labute approximate surface area is 136 Å². The molecule has 0 fully saturated rings. The van der Waals surface area contributed by atoms with Crippen molar-refractivity contribution < 1.29 is 18.0 Å². The Kier molecular flexibility index (Phi) is 4.99. The van der Waals surface area contributed by atoms with Gasteiger partial charge in [-0.25, -0.2) is 0 Å².